The van der Waals surface area contributed by atoms with E-state index in [2.05, 4.69) is 6.07 Å². The van der Waals surface area contributed by atoms with Crippen molar-refractivity contribution in [1.29, 1.82) is 0 Å². The van der Waals surface area contributed by atoms with Gasteiger partial charge in [0.15, 0.2) is 0 Å². The van der Waals surface area contributed by atoms with Crippen LogP contribution < -0.4 is 0 Å². The molecule has 0 spiro atoms. The van der Waals surface area contributed by atoms with Crippen molar-refractivity contribution in [3.05, 3.63) is 58.6 Å². The van der Waals surface area contributed by atoms with E-state index in [0.717, 1.165) is 28.1 Å². The predicted octanol–water partition coefficient (Wildman–Crippen LogP) is 4.52. The third-order valence-corrected chi connectivity index (χ3v) is 7.77. The van der Waals surface area contributed by atoms with Crippen LogP contribution in [0.2, 0.25) is 5.02 Å². The molecule has 1 fully saturated rings. The Morgan fingerprint density at radius 2 is 2.00 bits per heavy atom. The molecule has 0 amide bonds. The summed E-state index contributed by atoms with van der Waals surface area (Å²) < 4.78 is 28.6. The van der Waals surface area contributed by atoms with Crippen LogP contribution in [0.3, 0.4) is 0 Å². The number of para-hydroxylation sites is 1. The molecule has 0 saturated carbocycles. The van der Waals surface area contributed by atoms with E-state index in [1.165, 1.54) is 6.07 Å². The summed E-state index contributed by atoms with van der Waals surface area (Å²) in [5.41, 5.74) is 0.984. The van der Waals surface area contributed by atoms with Crippen molar-refractivity contribution in [2.75, 3.05) is 13.1 Å². The molecule has 2 aromatic carbocycles. The van der Waals surface area contributed by atoms with Crippen LogP contribution in [0.5, 0.6) is 0 Å². The topological polar surface area (TPSA) is 50.3 Å². The Bertz CT molecular complexity index is 984. The maximum Gasteiger partial charge on any atom is 0.243 e. The van der Waals surface area contributed by atoms with E-state index in [0.29, 0.717) is 18.1 Å². The van der Waals surface area contributed by atoms with Gasteiger partial charge in [-0.1, -0.05) is 29.8 Å². The molecule has 130 valence electrons. The van der Waals surface area contributed by atoms with Gasteiger partial charge in [0.2, 0.25) is 10.0 Å². The van der Waals surface area contributed by atoms with Crippen LogP contribution in [0.4, 0.5) is 0 Å². The summed E-state index contributed by atoms with van der Waals surface area (Å²) in [6.45, 7) is 1.00. The van der Waals surface area contributed by atoms with Crippen molar-refractivity contribution in [3.63, 3.8) is 0 Å². The van der Waals surface area contributed by atoms with Crippen molar-refractivity contribution >= 4 is 43.2 Å². The first-order chi connectivity index (χ1) is 12.0. The van der Waals surface area contributed by atoms with Gasteiger partial charge in [0.25, 0.3) is 0 Å². The van der Waals surface area contributed by atoms with Gasteiger partial charge in [-0.3, -0.25) is 0 Å². The molecule has 0 bridgehead atoms. The third kappa shape index (κ3) is 3.31. The number of aromatic nitrogens is 1. The Hall–Kier alpha value is -1.47. The van der Waals surface area contributed by atoms with Gasteiger partial charge in [0.1, 0.15) is 0 Å². The van der Waals surface area contributed by atoms with Gasteiger partial charge in [0, 0.05) is 24.0 Å². The average Bonchev–Trinajstić information content (AvgIpc) is 3.06. The average molecular weight is 393 g/mol. The molecule has 1 aliphatic heterocycles. The lowest BCUT2D eigenvalue weighted by Gasteiger charge is -2.31. The van der Waals surface area contributed by atoms with Crippen LogP contribution in [0.25, 0.3) is 10.2 Å². The van der Waals surface area contributed by atoms with Crippen LogP contribution >= 0.6 is 22.9 Å². The second-order valence-corrected chi connectivity index (χ2v) is 9.62. The highest BCUT2D eigenvalue weighted by Gasteiger charge is 2.32. The molecule has 0 aliphatic carbocycles. The molecule has 25 heavy (non-hydrogen) atoms. The number of piperidine rings is 1. The highest BCUT2D eigenvalue weighted by molar-refractivity contribution is 7.89. The Morgan fingerprint density at radius 3 is 2.80 bits per heavy atom. The standard InChI is InChI=1S/C18H17ClN2O2S2/c19-14-6-3-7-15(11-14)25(22,23)21-10-4-5-13(12-21)18-20-16-8-1-2-9-17(16)24-18/h1-3,6-9,11,13H,4-5,10,12H2. The molecule has 1 unspecified atom stereocenters. The molecule has 1 aliphatic rings. The minimum Gasteiger partial charge on any atom is -0.241 e. The molecule has 1 atom stereocenters. The van der Waals surface area contributed by atoms with E-state index in [9.17, 15) is 8.42 Å². The molecule has 0 radical (unpaired) electrons. The maximum absolute atomic E-state index is 12.9. The summed E-state index contributed by atoms with van der Waals surface area (Å²) >= 11 is 7.63. The van der Waals surface area contributed by atoms with Crippen LogP contribution in [0, 0.1) is 0 Å². The van der Waals surface area contributed by atoms with E-state index < -0.39 is 10.0 Å². The number of thiazole rings is 1. The summed E-state index contributed by atoms with van der Waals surface area (Å²) in [4.78, 5) is 4.97. The minimum absolute atomic E-state index is 0.139. The zero-order valence-electron chi connectivity index (χ0n) is 13.4. The highest BCUT2D eigenvalue weighted by Crippen LogP contribution is 2.34. The number of benzene rings is 2. The Kier molecular flexibility index (Phi) is 4.54. The Morgan fingerprint density at radius 1 is 1.16 bits per heavy atom. The predicted molar refractivity (Wildman–Crippen MR) is 102 cm³/mol. The van der Waals surface area contributed by atoms with E-state index >= 15 is 0 Å². The van der Waals surface area contributed by atoms with Gasteiger partial charge in [-0.05, 0) is 43.2 Å². The van der Waals surface area contributed by atoms with Crippen molar-refractivity contribution in [2.45, 2.75) is 23.7 Å². The molecule has 0 N–H and O–H groups in total. The van der Waals surface area contributed by atoms with E-state index in [4.69, 9.17) is 16.6 Å². The fourth-order valence-corrected chi connectivity index (χ4v) is 6.12. The molecule has 4 nitrogen and oxygen atoms in total. The van der Waals surface area contributed by atoms with Crippen LogP contribution in [0.15, 0.2) is 53.4 Å². The smallest absolute Gasteiger partial charge is 0.241 e. The molecule has 1 aromatic heterocycles. The monoisotopic (exact) mass is 392 g/mol. The van der Waals surface area contributed by atoms with Gasteiger partial charge in [-0.15, -0.1) is 11.3 Å². The van der Waals surface area contributed by atoms with Gasteiger partial charge in [0.05, 0.1) is 20.1 Å². The van der Waals surface area contributed by atoms with E-state index in [1.807, 2.05) is 18.2 Å². The number of fused-ring (bicyclic) bond motifs is 1. The summed E-state index contributed by atoms with van der Waals surface area (Å²) in [5.74, 6) is 0.139. The van der Waals surface area contributed by atoms with Crippen molar-refractivity contribution in [1.82, 2.24) is 9.29 Å². The molecule has 1 saturated heterocycles. The first-order valence-corrected chi connectivity index (χ1v) is 10.8. The fraction of sp³-hybridized carbons (Fsp3) is 0.278. The van der Waals surface area contributed by atoms with Crippen LogP contribution in [0.1, 0.15) is 23.8 Å². The van der Waals surface area contributed by atoms with E-state index in [-0.39, 0.29) is 10.8 Å². The first-order valence-electron chi connectivity index (χ1n) is 8.15. The summed E-state index contributed by atoms with van der Waals surface area (Å²) in [5, 5.41) is 1.45. The third-order valence-electron chi connectivity index (χ3n) is 4.48. The van der Waals surface area contributed by atoms with Crippen molar-refractivity contribution in [3.8, 4) is 0 Å². The number of hydrogen-bond acceptors (Lipinski definition) is 4. The molecular weight excluding hydrogens is 376 g/mol. The summed E-state index contributed by atoms with van der Waals surface area (Å²) in [6, 6.07) is 14.5. The second kappa shape index (κ2) is 6.68. The number of sulfonamides is 1. The zero-order chi connectivity index (χ0) is 17.4. The Balaban J connectivity index is 1.62. The van der Waals surface area contributed by atoms with E-state index in [1.54, 1.807) is 33.8 Å². The molecule has 3 aromatic rings. The molecular formula is C18H17ClN2O2S2. The lowest BCUT2D eigenvalue weighted by atomic mass is 10.0. The van der Waals surface area contributed by atoms with Gasteiger partial charge >= 0.3 is 0 Å². The largest absolute Gasteiger partial charge is 0.243 e. The summed E-state index contributed by atoms with van der Waals surface area (Å²) in [6.07, 6.45) is 1.79. The second-order valence-electron chi connectivity index (χ2n) is 6.18. The van der Waals surface area contributed by atoms with Gasteiger partial charge in [-0.25, -0.2) is 13.4 Å². The SMILES string of the molecule is O=S(=O)(c1cccc(Cl)c1)N1CCCC(c2nc3ccccc3s2)C1. The quantitative estimate of drug-likeness (QED) is 0.658. The lowest BCUT2D eigenvalue weighted by Crippen LogP contribution is -2.39. The zero-order valence-corrected chi connectivity index (χ0v) is 15.8. The minimum atomic E-state index is -3.53. The van der Waals surface area contributed by atoms with Gasteiger partial charge < -0.3 is 0 Å². The normalized spacial score (nSPS) is 19.3. The van der Waals surface area contributed by atoms with Crippen LogP contribution in [-0.2, 0) is 10.0 Å². The molecule has 4 rings (SSSR count). The number of hydrogen-bond donors (Lipinski definition) is 0. The maximum atomic E-state index is 12.9. The highest BCUT2D eigenvalue weighted by atomic mass is 35.5. The molecule has 7 heteroatoms. The number of rotatable bonds is 3. The number of nitrogens with zero attached hydrogens (tertiary/aromatic N) is 2. The fourth-order valence-electron chi connectivity index (χ4n) is 3.20. The van der Waals surface area contributed by atoms with Crippen molar-refractivity contribution in [2.24, 2.45) is 0 Å². The summed E-state index contributed by atoms with van der Waals surface area (Å²) in [7, 11) is -3.53. The van der Waals surface area contributed by atoms with Crippen molar-refractivity contribution < 1.29 is 8.42 Å². The van der Waals surface area contributed by atoms with Gasteiger partial charge in [-0.2, -0.15) is 4.31 Å². The molecule has 2 heterocycles. The van der Waals surface area contributed by atoms with Crippen LogP contribution in [-0.4, -0.2) is 30.8 Å². The lowest BCUT2D eigenvalue weighted by molar-refractivity contribution is 0.315. The first kappa shape index (κ1) is 17.0. The number of halogens is 1. The Labute approximate surface area is 156 Å².